The molecule has 2 aromatic rings. The molecule has 0 spiro atoms. The number of nitrogens with zero attached hydrogens (tertiary/aromatic N) is 2. The Labute approximate surface area is 152 Å². The fourth-order valence-electron chi connectivity index (χ4n) is 3.24. The van der Waals surface area contributed by atoms with Gasteiger partial charge in [0.25, 0.3) is 0 Å². The molecule has 1 atom stereocenters. The molecule has 1 saturated heterocycles. The molecule has 134 valence electrons. The van der Waals surface area contributed by atoms with E-state index in [4.69, 9.17) is 0 Å². The molecule has 2 amide bonds. The van der Waals surface area contributed by atoms with Gasteiger partial charge in [-0.15, -0.1) is 11.3 Å². The van der Waals surface area contributed by atoms with Gasteiger partial charge in [0.1, 0.15) is 5.82 Å². The standard InChI is InChI=1S/C19H24FN3OS/c1-22(14-15-6-4-7-16(20)12-15)19(24)21-13-17(18-8-5-11-25-18)23-9-2-3-10-23/h4-8,11-12,17H,2-3,9-10,13-14H2,1H3,(H,21,24). The van der Waals surface area contributed by atoms with Crippen molar-refractivity contribution < 1.29 is 9.18 Å². The lowest BCUT2D eigenvalue weighted by Crippen LogP contribution is -2.42. The number of carbonyl (C=O) groups is 1. The summed E-state index contributed by atoms with van der Waals surface area (Å²) in [7, 11) is 1.73. The quantitative estimate of drug-likeness (QED) is 0.848. The first kappa shape index (κ1) is 17.9. The van der Waals surface area contributed by atoms with Gasteiger partial charge in [0.2, 0.25) is 0 Å². The van der Waals surface area contributed by atoms with E-state index in [-0.39, 0.29) is 17.9 Å². The first-order chi connectivity index (χ1) is 12.1. The molecule has 1 aliphatic rings. The maximum absolute atomic E-state index is 13.3. The average Bonchev–Trinajstić information content (AvgIpc) is 3.29. The summed E-state index contributed by atoms with van der Waals surface area (Å²) in [4.78, 5) is 17.7. The molecule has 0 bridgehead atoms. The minimum Gasteiger partial charge on any atom is -0.336 e. The molecular formula is C19H24FN3OS. The van der Waals surface area contributed by atoms with Crippen molar-refractivity contribution in [1.29, 1.82) is 0 Å². The summed E-state index contributed by atoms with van der Waals surface area (Å²) in [5.41, 5.74) is 0.784. The van der Waals surface area contributed by atoms with Crippen LogP contribution >= 0.6 is 11.3 Å². The number of nitrogens with one attached hydrogen (secondary N) is 1. The Bertz CT molecular complexity index is 686. The second-order valence-corrected chi connectivity index (χ2v) is 7.43. The highest BCUT2D eigenvalue weighted by Gasteiger charge is 2.25. The zero-order chi connectivity index (χ0) is 17.6. The maximum atomic E-state index is 13.3. The average molecular weight is 361 g/mol. The van der Waals surface area contributed by atoms with Gasteiger partial charge in [0.05, 0.1) is 6.04 Å². The number of hydrogen-bond donors (Lipinski definition) is 1. The van der Waals surface area contributed by atoms with E-state index in [0.29, 0.717) is 13.1 Å². The molecule has 1 fully saturated rings. The number of thiophene rings is 1. The Morgan fingerprint density at radius 2 is 2.12 bits per heavy atom. The lowest BCUT2D eigenvalue weighted by molar-refractivity contribution is 0.196. The topological polar surface area (TPSA) is 35.6 Å². The summed E-state index contributed by atoms with van der Waals surface area (Å²) in [5.74, 6) is -0.280. The van der Waals surface area contributed by atoms with Crippen LogP contribution in [0.1, 0.15) is 29.3 Å². The highest BCUT2D eigenvalue weighted by molar-refractivity contribution is 7.10. The van der Waals surface area contributed by atoms with Crippen LogP contribution in [0.2, 0.25) is 0 Å². The molecule has 0 radical (unpaired) electrons. The van der Waals surface area contributed by atoms with E-state index in [1.54, 1.807) is 29.4 Å². The molecule has 1 aromatic heterocycles. The van der Waals surface area contributed by atoms with Crippen LogP contribution in [0.15, 0.2) is 41.8 Å². The van der Waals surface area contributed by atoms with Gasteiger partial charge >= 0.3 is 6.03 Å². The predicted octanol–water partition coefficient (Wildman–Crippen LogP) is 3.87. The maximum Gasteiger partial charge on any atom is 0.317 e. The number of hydrogen-bond acceptors (Lipinski definition) is 3. The van der Waals surface area contributed by atoms with Crippen LogP contribution < -0.4 is 5.32 Å². The predicted molar refractivity (Wildman–Crippen MR) is 99.1 cm³/mol. The van der Waals surface area contributed by atoms with Crippen molar-refractivity contribution in [2.75, 3.05) is 26.7 Å². The Morgan fingerprint density at radius 3 is 2.80 bits per heavy atom. The molecule has 6 heteroatoms. The van der Waals surface area contributed by atoms with E-state index >= 15 is 0 Å². The molecule has 0 aliphatic carbocycles. The molecule has 4 nitrogen and oxygen atoms in total. The Balaban J connectivity index is 1.57. The Hall–Kier alpha value is -1.92. The minimum atomic E-state index is -0.280. The van der Waals surface area contributed by atoms with Crippen LogP contribution in [0.4, 0.5) is 9.18 Å². The summed E-state index contributed by atoms with van der Waals surface area (Å²) < 4.78 is 13.3. The van der Waals surface area contributed by atoms with Gasteiger partial charge in [-0.2, -0.15) is 0 Å². The van der Waals surface area contributed by atoms with E-state index in [2.05, 4.69) is 27.7 Å². The number of rotatable bonds is 6. The highest BCUT2D eigenvalue weighted by atomic mass is 32.1. The van der Waals surface area contributed by atoms with Crippen molar-refractivity contribution in [3.05, 3.63) is 58.0 Å². The first-order valence-corrected chi connectivity index (χ1v) is 9.52. The van der Waals surface area contributed by atoms with E-state index in [0.717, 1.165) is 18.7 Å². The third-order valence-corrected chi connectivity index (χ3v) is 5.53. The van der Waals surface area contributed by atoms with Crippen LogP contribution in [-0.4, -0.2) is 42.5 Å². The van der Waals surface area contributed by atoms with E-state index in [1.165, 1.54) is 29.9 Å². The molecule has 1 aliphatic heterocycles. The van der Waals surface area contributed by atoms with Crippen molar-refractivity contribution in [3.63, 3.8) is 0 Å². The molecule has 2 heterocycles. The summed E-state index contributed by atoms with van der Waals surface area (Å²) in [5, 5.41) is 5.12. The molecule has 0 saturated carbocycles. The van der Waals surface area contributed by atoms with Crippen molar-refractivity contribution >= 4 is 17.4 Å². The second-order valence-electron chi connectivity index (χ2n) is 6.45. The van der Waals surface area contributed by atoms with Gasteiger partial charge in [-0.25, -0.2) is 9.18 Å². The van der Waals surface area contributed by atoms with Crippen molar-refractivity contribution in [3.8, 4) is 0 Å². The smallest absolute Gasteiger partial charge is 0.317 e. The number of amides is 2. The lowest BCUT2D eigenvalue weighted by Gasteiger charge is -2.28. The number of halogens is 1. The van der Waals surface area contributed by atoms with Crippen LogP contribution in [0, 0.1) is 5.82 Å². The second kappa shape index (κ2) is 8.45. The zero-order valence-electron chi connectivity index (χ0n) is 14.5. The zero-order valence-corrected chi connectivity index (χ0v) is 15.3. The van der Waals surface area contributed by atoms with Crippen LogP contribution in [0.3, 0.4) is 0 Å². The highest BCUT2D eigenvalue weighted by Crippen LogP contribution is 2.27. The first-order valence-electron chi connectivity index (χ1n) is 8.64. The van der Waals surface area contributed by atoms with Crippen LogP contribution in [0.25, 0.3) is 0 Å². The summed E-state index contributed by atoms with van der Waals surface area (Å²) in [6.07, 6.45) is 2.44. The molecule has 3 rings (SSSR count). The van der Waals surface area contributed by atoms with Crippen LogP contribution in [0.5, 0.6) is 0 Å². The molecular weight excluding hydrogens is 337 g/mol. The molecule has 25 heavy (non-hydrogen) atoms. The monoisotopic (exact) mass is 361 g/mol. The van der Waals surface area contributed by atoms with Gasteiger partial charge in [-0.1, -0.05) is 18.2 Å². The fourth-order valence-corrected chi connectivity index (χ4v) is 4.10. The molecule has 1 unspecified atom stereocenters. The largest absolute Gasteiger partial charge is 0.336 e. The summed E-state index contributed by atoms with van der Waals surface area (Å²) in [6.45, 7) is 3.14. The van der Waals surface area contributed by atoms with Gasteiger partial charge < -0.3 is 10.2 Å². The molecule has 1 aromatic carbocycles. The van der Waals surface area contributed by atoms with Gasteiger partial charge in [0.15, 0.2) is 0 Å². The van der Waals surface area contributed by atoms with Crippen molar-refractivity contribution in [1.82, 2.24) is 15.1 Å². The third-order valence-electron chi connectivity index (χ3n) is 4.56. The Morgan fingerprint density at radius 1 is 1.32 bits per heavy atom. The van der Waals surface area contributed by atoms with E-state index in [1.807, 2.05) is 6.07 Å². The number of urea groups is 1. The fraction of sp³-hybridized carbons (Fsp3) is 0.421. The Kier molecular flexibility index (Phi) is 6.04. The van der Waals surface area contributed by atoms with Gasteiger partial charge in [-0.05, 0) is 55.1 Å². The van der Waals surface area contributed by atoms with Gasteiger partial charge in [-0.3, -0.25) is 4.90 Å². The lowest BCUT2D eigenvalue weighted by atomic mass is 10.2. The molecule has 1 N–H and O–H groups in total. The summed E-state index contributed by atoms with van der Waals surface area (Å²) in [6, 6.07) is 10.6. The van der Waals surface area contributed by atoms with Crippen molar-refractivity contribution in [2.45, 2.75) is 25.4 Å². The van der Waals surface area contributed by atoms with Gasteiger partial charge in [0, 0.05) is 25.0 Å². The minimum absolute atomic E-state index is 0.134. The SMILES string of the molecule is CN(Cc1cccc(F)c1)C(=O)NCC(c1cccs1)N1CCCC1. The number of benzene rings is 1. The third kappa shape index (κ3) is 4.80. The number of carbonyl (C=O) groups excluding carboxylic acids is 1. The normalized spacial score (nSPS) is 15.9. The van der Waals surface area contributed by atoms with Crippen molar-refractivity contribution in [2.24, 2.45) is 0 Å². The number of likely N-dealkylation sites (tertiary alicyclic amines) is 1. The summed E-state index contributed by atoms with van der Waals surface area (Å²) >= 11 is 1.73. The van der Waals surface area contributed by atoms with E-state index < -0.39 is 0 Å². The van der Waals surface area contributed by atoms with E-state index in [9.17, 15) is 9.18 Å². The van der Waals surface area contributed by atoms with Crippen LogP contribution in [-0.2, 0) is 6.54 Å².